The Bertz CT molecular complexity index is 453. The molecule has 2 heterocycles. The monoisotopic (exact) mass is 202 g/mol. The molecule has 4 nitrogen and oxygen atoms in total. The number of anilines is 1. The van der Waals surface area contributed by atoms with Gasteiger partial charge in [0, 0.05) is 24.5 Å². The molecule has 15 heavy (non-hydrogen) atoms. The molecule has 0 amide bonds. The molecule has 0 saturated carbocycles. The van der Waals surface area contributed by atoms with Gasteiger partial charge in [-0.05, 0) is 31.5 Å². The van der Waals surface area contributed by atoms with Gasteiger partial charge in [0.25, 0.3) is 0 Å². The zero-order valence-corrected chi connectivity index (χ0v) is 8.94. The standard InChI is InChI=1S/C11H14N4/c1-3-15-9(5-7-14-15)10-8(2)4-6-13-11(10)12/h4-7H,3H2,1-2H3,(H2,12,13). The van der Waals surface area contributed by atoms with E-state index in [4.69, 9.17) is 5.73 Å². The van der Waals surface area contributed by atoms with Crippen molar-refractivity contribution in [3.8, 4) is 11.3 Å². The first-order valence-corrected chi connectivity index (χ1v) is 4.97. The minimum absolute atomic E-state index is 0.560. The second-order valence-electron chi connectivity index (χ2n) is 3.42. The fourth-order valence-electron chi connectivity index (χ4n) is 1.71. The Balaban J connectivity index is 2.63. The predicted molar refractivity (Wildman–Crippen MR) is 60.3 cm³/mol. The van der Waals surface area contributed by atoms with E-state index < -0.39 is 0 Å². The van der Waals surface area contributed by atoms with Crippen LogP contribution in [0.3, 0.4) is 0 Å². The van der Waals surface area contributed by atoms with Crippen molar-refractivity contribution < 1.29 is 0 Å². The number of rotatable bonds is 2. The predicted octanol–water partition coefficient (Wildman–Crippen LogP) is 1.86. The van der Waals surface area contributed by atoms with Crippen molar-refractivity contribution in [3.63, 3.8) is 0 Å². The van der Waals surface area contributed by atoms with Gasteiger partial charge in [-0.2, -0.15) is 5.10 Å². The molecule has 0 aliphatic carbocycles. The fourth-order valence-corrected chi connectivity index (χ4v) is 1.71. The summed E-state index contributed by atoms with van der Waals surface area (Å²) in [6.07, 6.45) is 3.51. The van der Waals surface area contributed by atoms with Gasteiger partial charge in [-0.3, -0.25) is 4.68 Å². The molecular weight excluding hydrogens is 188 g/mol. The maximum atomic E-state index is 5.88. The van der Waals surface area contributed by atoms with Gasteiger partial charge in [-0.25, -0.2) is 4.98 Å². The summed E-state index contributed by atoms with van der Waals surface area (Å²) in [6.45, 7) is 4.91. The van der Waals surface area contributed by atoms with Crippen LogP contribution in [0.25, 0.3) is 11.3 Å². The summed E-state index contributed by atoms with van der Waals surface area (Å²) in [7, 11) is 0. The number of pyridine rings is 1. The first-order chi connectivity index (χ1) is 7.24. The summed E-state index contributed by atoms with van der Waals surface area (Å²) >= 11 is 0. The molecule has 0 aliphatic rings. The quantitative estimate of drug-likeness (QED) is 0.808. The summed E-state index contributed by atoms with van der Waals surface area (Å²) in [4.78, 5) is 4.11. The SMILES string of the molecule is CCn1nccc1-c1c(C)ccnc1N. The van der Waals surface area contributed by atoms with E-state index in [0.29, 0.717) is 5.82 Å². The summed E-state index contributed by atoms with van der Waals surface area (Å²) in [5, 5.41) is 4.23. The molecule has 0 aromatic carbocycles. The van der Waals surface area contributed by atoms with E-state index in [0.717, 1.165) is 23.4 Å². The van der Waals surface area contributed by atoms with Crippen molar-refractivity contribution in [1.82, 2.24) is 14.8 Å². The molecule has 2 rings (SSSR count). The van der Waals surface area contributed by atoms with Crippen LogP contribution < -0.4 is 5.73 Å². The maximum absolute atomic E-state index is 5.88. The zero-order chi connectivity index (χ0) is 10.8. The second-order valence-corrected chi connectivity index (χ2v) is 3.42. The van der Waals surface area contributed by atoms with Gasteiger partial charge in [-0.1, -0.05) is 0 Å². The number of nitrogens with zero attached hydrogens (tertiary/aromatic N) is 3. The molecule has 0 bridgehead atoms. The van der Waals surface area contributed by atoms with E-state index in [2.05, 4.69) is 17.0 Å². The molecule has 4 heteroatoms. The first-order valence-electron chi connectivity index (χ1n) is 4.97. The van der Waals surface area contributed by atoms with Crippen LogP contribution in [0.1, 0.15) is 12.5 Å². The second kappa shape index (κ2) is 3.73. The Labute approximate surface area is 88.8 Å². The first kappa shape index (κ1) is 9.71. The van der Waals surface area contributed by atoms with Gasteiger partial charge >= 0.3 is 0 Å². The molecule has 0 unspecified atom stereocenters. The highest BCUT2D eigenvalue weighted by Crippen LogP contribution is 2.27. The highest BCUT2D eigenvalue weighted by Gasteiger charge is 2.10. The molecule has 2 N–H and O–H groups in total. The third kappa shape index (κ3) is 1.58. The van der Waals surface area contributed by atoms with Gasteiger partial charge in [0.1, 0.15) is 5.82 Å². The van der Waals surface area contributed by atoms with Gasteiger partial charge in [-0.15, -0.1) is 0 Å². The van der Waals surface area contributed by atoms with Gasteiger partial charge < -0.3 is 5.73 Å². The van der Waals surface area contributed by atoms with E-state index in [1.807, 2.05) is 23.7 Å². The topological polar surface area (TPSA) is 56.7 Å². The van der Waals surface area contributed by atoms with Crippen LogP contribution in [0, 0.1) is 6.92 Å². The largest absolute Gasteiger partial charge is 0.383 e. The van der Waals surface area contributed by atoms with Crippen molar-refractivity contribution in [3.05, 3.63) is 30.1 Å². The average molecular weight is 202 g/mol. The van der Waals surface area contributed by atoms with Crippen LogP contribution in [0.15, 0.2) is 24.5 Å². The number of nitrogens with two attached hydrogens (primary N) is 1. The molecule has 0 saturated heterocycles. The van der Waals surface area contributed by atoms with Gasteiger partial charge in [0.05, 0.1) is 5.69 Å². The molecular formula is C11H14N4. The molecule has 0 aliphatic heterocycles. The van der Waals surface area contributed by atoms with Crippen molar-refractivity contribution in [1.29, 1.82) is 0 Å². The van der Waals surface area contributed by atoms with E-state index in [1.54, 1.807) is 12.4 Å². The minimum atomic E-state index is 0.560. The number of hydrogen-bond donors (Lipinski definition) is 1. The molecule has 78 valence electrons. The summed E-state index contributed by atoms with van der Waals surface area (Å²) < 4.78 is 1.92. The highest BCUT2D eigenvalue weighted by molar-refractivity contribution is 5.74. The van der Waals surface area contributed by atoms with Crippen LogP contribution in [-0.2, 0) is 6.54 Å². The third-order valence-corrected chi connectivity index (χ3v) is 2.46. The molecule has 0 radical (unpaired) electrons. The Morgan fingerprint density at radius 3 is 2.80 bits per heavy atom. The van der Waals surface area contributed by atoms with Crippen LogP contribution in [-0.4, -0.2) is 14.8 Å². The van der Waals surface area contributed by atoms with Crippen molar-refractivity contribution >= 4 is 5.82 Å². The van der Waals surface area contributed by atoms with E-state index in [-0.39, 0.29) is 0 Å². The molecule has 0 atom stereocenters. The van der Waals surface area contributed by atoms with Crippen LogP contribution >= 0.6 is 0 Å². The molecule has 2 aromatic rings. The highest BCUT2D eigenvalue weighted by atomic mass is 15.3. The normalized spacial score (nSPS) is 10.5. The lowest BCUT2D eigenvalue weighted by molar-refractivity contribution is 0.667. The third-order valence-electron chi connectivity index (χ3n) is 2.46. The van der Waals surface area contributed by atoms with Crippen molar-refractivity contribution in [2.45, 2.75) is 20.4 Å². The number of aromatic nitrogens is 3. The van der Waals surface area contributed by atoms with E-state index >= 15 is 0 Å². The number of hydrogen-bond acceptors (Lipinski definition) is 3. The Morgan fingerprint density at radius 1 is 1.33 bits per heavy atom. The molecule has 0 fully saturated rings. The average Bonchev–Trinajstić information content (AvgIpc) is 2.65. The summed E-state index contributed by atoms with van der Waals surface area (Å²) in [6, 6.07) is 3.92. The van der Waals surface area contributed by atoms with Crippen LogP contribution in [0.5, 0.6) is 0 Å². The van der Waals surface area contributed by atoms with Crippen LogP contribution in [0.4, 0.5) is 5.82 Å². The van der Waals surface area contributed by atoms with Crippen molar-refractivity contribution in [2.75, 3.05) is 5.73 Å². The lowest BCUT2D eigenvalue weighted by Gasteiger charge is -2.09. The number of nitrogen functional groups attached to an aromatic ring is 1. The van der Waals surface area contributed by atoms with Crippen LogP contribution in [0.2, 0.25) is 0 Å². The molecule has 2 aromatic heterocycles. The zero-order valence-electron chi connectivity index (χ0n) is 8.94. The maximum Gasteiger partial charge on any atom is 0.133 e. The smallest absolute Gasteiger partial charge is 0.133 e. The molecule has 0 spiro atoms. The number of aryl methyl sites for hydroxylation is 2. The minimum Gasteiger partial charge on any atom is -0.383 e. The van der Waals surface area contributed by atoms with Gasteiger partial charge in [0.2, 0.25) is 0 Å². The lowest BCUT2D eigenvalue weighted by atomic mass is 10.1. The van der Waals surface area contributed by atoms with E-state index in [9.17, 15) is 0 Å². The lowest BCUT2D eigenvalue weighted by Crippen LogP contribution is -2.03. The van der Waals surface area contributed by atoms with Gasteiger partial charge in [0.15, 0.2) is 0 Å². The summed E-state index contributed by atoms with van der Waals surface area (Å²) in [5.41, 5.74) is 9.02. The Hall–Kier alpha value is -1.84. The fraction of sp³-hybridized carbons (Fsp3) is 0.273. The Morgan fingerprint density at radius 2 is 2.13 bits per heavy atom. The Kier molecular flexibility index (Phi) is 2.41. The van der Waals surface area contributed by atoms with Crippen molar-refractivity contribution in [2.24, 2.45) is 0 Å². The summed E-state index contributed by atoms with van der Waals surface area (Å²) in [5.74, 6) is 0.560. The van der Waals surface area contributed by atoms with E-state index in [1.165, 1.54) is 0 Å².